The molecule has 0 aliphatic carbocycles. The zero-order valence-corrected chi connectivity index (χ0v) is 9.19. The zero-order valence-electron chi connectivity index (χ0n) is 9.19. The van der Waals surface area contributed by atoms with E-state index in [2.05, 4.69) is 0 Å². The lowest BCUT2D eigenvalue weighted by Crippen LogP contribution is -2.17. The third-order valence-electron chi connectivity index (χ3n) is 2.53. The second-order valence-electron chi connectivity index (χ2n) is 4.11. The number of aryl methyl sites for hydroxylation is 1. The molecule has 0 aliphatic heterocycles. The number of carbonyl (C=O) groups is 1. The summed E-state index contributed by atoms with van der Waals surface area (Å²) in [7, 11) is 0. The van der Waals surface area contributed by atoms with Gasteiger partial charge in [0.05, 0.1) is 5.92 Å². The van der Waals surface area contributed by atoms with E-state index in [1.807, 2.05) is 13.8 Å². The SMILES string of the molecule is Cc1ccc(C(C(=O)O)C(C)C)cc1O. The molecule has 82 valence electrons. The van der Waals surface area contributed by atoms with Crippen LogP contribution in [0.15, 0.2) is 18.2 Å². The van der Waals surface area contributed by atoms with E-state index in [1.54, 1.807) is 19.1 Å². The van der Waals surface area contributed by atoms with Crippen LogP contribution >= 0.6 is 0 Å². The maximum atomic E-state index is 11.1. The quantitative estimate of drug-likeness (QED) is 0.802. The summed E-state index contributed by atoms with van der Waals surface area (Å²) in [6, 6.07) is 5.03. The summed E-state index contributed by atoms with van der Waals surface area (Å²) in [5.74, 6) is -1.26. The highest BCUT2D eigenvalue weighted by atomic mass is 16.4. The van der Waals surface area contributed by atoms with Crippen molar-refractivity contribution in [1.29, 1.82) is 0 Å². The molecule has 0 amide bonds. The van der Waals surface area contributed by atoms with Crippen LogP contribution < -0.4 is 0 Å². The molecule has 1 aromatic rings. The Hall–Kier alpha value is -1.51. The van der Waals surface area contributed by atoms with Crippen molar-refractivity contribution >= 4 is 5.97 Å². The molecule has 0 aliphatic rings. The number of hydrogen-bond donors (Lipinski definition) is 2. The monoisotopic (exact) mass is 208 g/mol. The van der Waals surface area contributed by atoms with Crippen molar-refractivity contribution in [1.82, 2.24) is 0 Å². The highest BCUT2D eigenvalue weighted by Gasteiger charge is 2.23. The predicted molar refractivity (Wildman–Crippen MR) is 58.1 cm³/mol. The van der Waals surface area contributed by atoms with Crippen LogP contribution in [0.1, 0.15) is 30.9 Å². The minimum atomic E-state index is -0.853. The van der Waals surface area contributed by atoms with Crippen molar-refractivity contribution in [2.45, 2.75) is 26.7 Å². The molecule has 2 N–H and O–H groups in total. The summed E-state index contributed by atoms with van der Waals surface area (Å²) in [6.07, 6.45) is 0. The number of phenols is 1. The normalized spacial score (nSPS) is 12.8. The van der Waals surface area contributed by atoms with Gasteiger partial charge >= 0.3 is 5.97 Å². The average molecular weight is 208 g/mol. The maximum absolute atomic E-state index is 11.1. The number of aliphatic carboxylic acids is 1. The first-order chi connectivity index (χ1) is 6.93. The standard InChI is InChI=1S/C12H16O3/c1-7(2)11(12(14)15)9-5-4-8(3)10(13)6-9/h4-7,11,13H,1-3H3,(H,14,15). The number of hydrogen-bond acceptors (Lipinski definition) is 2. The van der Waals surface area contributed by atoms with Gasteiger partial charge in [-0.15, -0.1) is 0 Å². The van der Waals surface area contributed by atoms with E-state index in [9.17, 15) is 9.90 Å². The topological polar surface area (TPSA) is 57.5 Å². The molecule has 1 atom stereocenters. The summed E-state index contributed by atoms with van der Waals surface area (Å²) in [6.45, 7) is 5.50. The fourth-order valence-electron chi connectivity index (χ4n) is 1.63. The first-order valence-electron chi connectivity index (χ1n) is 4.95. The van der Waals surface area contributed by atoms with Crippen molar-refractivity contribution in [2.24, 2.45) is 5.92 Å². The van der Waals surface area contributed by atoms with Crippen molar-refractivity contribution in [3.63, 3.8) is 0 Å². The molecule has 15 heavy (non-hydrogen) atoms. The van der Waals surface area contributed by atoms with E-state index in [0.717, 1.165) is 5.56 Å². The molecule has 3 heteroatoms. The highest BCUT2D eigenvalue weighted by Crippen LogP contribution is 2.28. The lowest BCUT2D eigenvalue weighted by atomic mass is 9.88. The number of carboxylic acids is 1. The van der Waals surface area contributed by atoms with E-state index in [4.69, 9.17) is 5.11 Å². The summed E-state index contributed by atoms with van der Waals surface area (Å²) in [4.78, 5) is 11.1. The molecule has 1 aromatic carbocycles. The Morgan fingerprint density at radius 1 is 1.33 bits per heavy atom. The Kier molecular flexibility index (Phi) is 3.35. The molecule has 0 fully saturated rings. The zero-order chi connectivity index (χ0) is 11.6. The van der Waals surface area contributed by atoms with Gasteiger partial charge in [0.1, 0.15) is 5.75 Å². The van der Waals surface area contributed by atoms with E-state index in [1.165, 1.54) is 6.07 Å². The van der Waals surface area contributed by atoms with Gasteiger partial charge in [-0.25, -0.2) is 0 Å². The van der Waals surface area contributed by atoms with Gasteiger partial charge in [0.25, 0.3) is 0 Å². The molecule has 0 saturated carbocycles. The van der Waals surface area contributed by atoms with Crippen molar-refractivity contribution in [2.75, 3.05) is 0 Å². The molecule has 0 saturated heterocycles. The van der Waals surface area contributed by atoms with Crippen molar-refractivity contribution in [3.8, 4) is 5.75 Å². The van der Waals surface area contributed by atoms with Crippen LogP contribution in [0.4, 0.5) is 0 Å². The van der Waals surface area contributed by atoms with Gasteiger partial charge in [-0.1, -0.05) is 26.0 Å². The van der Waals surface area contributed by atoms with Crippen molar-refractivity contribution < 1.29 is 15.0 Å². The Morgan fingerprint density at radius 2 is 1.93 bits per heavy atom. The summed E-state index contributed by atoms with van der Waals surface area (Å²) < 4.78 is 0. The van der Waals surface area contributed by atoms with Gasteiger partial charge in [-0.2, -0.15) is 0 Å². The molecular weight excluding hydrogens is 192 g/mol. The fraction of sp³-hybridized carbons (Fsp3) is 0.417. The molecule has 1 rings (SSSR count). The molecule has 0 bridgehead atoms. The van der Waals surface area contributed by atoms with Crippen LogP contribution in [0.5, 0.6) is 5.75 Å². The predicted octanol–water partition coefficient (Wildman–Crippen LogP) is 2.52. The van der Waals surface area contributed by atoms with Crippen molar-refractivity contribution in [3.05, 3.63) is 29.3 Å². The number of benzene rings is 1. The minimum absolute atomic E-state index is 0.00426. The van der Waals surface area contributed by atoms with Crippen LogP contribution in [0.3, 0.4) is 0 Å². The molecule has 0 spiro atoms. The van der Waals surface area contributed by atoms with Crippen LogP contribution in [0, 0.1) is 12.8 Å². The van der Waals surface area contributed by atoms with Gasteiger partial charge < -0.3 is 10.2 Å². The van der Waals surface area contributed by atoms with Crippen LogP contribution in [0.2, 0.25) is 0 Å². The van der Waals surface area contributed by atoms with Gasteiger partial charge in [0, 0.05) is 0 Å². The Labute approximate surface area is 89.4 Å². The molecule has 3 nitrogen and oxygen atoms in total. The van der Waals surface area contributed by atoms with Gasteiger partial charge in [0.2, 0.25) is 0 Å². The fourth-order valence-corrected chi connectivity index (χ4v) is 1.63. The Morgan fingerprint density at radius 3 is 2.33 bits per heavy atom. The summed E-state index contributed by atoms with van der Waals surface area (Å²) in [5.41, 5.74) is 1.41. The summed E-state index contributed by atoms with van der Waals surface area (Å²) in [5, 5.41) is 18.6. The molecule has 0 radical (unpaired) electrons. The van der Waals surface area contributed by atoms with Gasteiger partial charge in [0.15, 0.2) is 0 Å². The number of phenolic OH excluding ortho intramolecular Hbond substituents is 1. The third kappa shape index (κ3) is 2.49. The Bertz CT molecular complexity index is 369. The Balaban J connectivity index is 3.12. The number of rotatable bonds is 3. The van der Waals surface area contributed by atoms with Crippen LogP contribution in [0.25, 0.3) is 0 Å². The van der Waals surface area contributed by atoms with E-state index in [0.29, 0.717) is 5.56 Å². The molecule has 0 aromatic heterocycles. The molecule has 1 unspecified atom stereocenters. The summed E-state index contributed by atoms with van der Waals surface area (Å²) >= 11 is 0. The lowest BCUT2D eigenvalue weighted by Gasteiger charge is -2.17. The van der Waals surface area contributed by atoms with Gasteiger partial charge in [-0.3, -0.25) is 4.79 Å². The number of aromatic hydroxyl groups is 1. The second kappa shape index (κ2) is 4.34. The average Bonchev–Trinajstić information content (AvgIpc) is 2.10. The first kappa shape index (κ1) is 11.6. The van der Waals surface area contributed by atoms with E-state index >= 15 is 0 Å². The lowest BCUT2D eigenvalue weighted by molar-refractivity contribution is -0.139. The molecular formula is C12H16O3. The highest BCUT2D eigenvalue weighted by molar-refractivity contribution is 5.76. The van der Waals surface area contributed by atoms with Crippen LogP contribution in [-0.2, 0) is 4.79 Å². The van der Waals surface area contributed by atoms with Gasteiger partial charge in [-0.05, 0) is 30.0 Å². The van der Waals surface area contributed by atoms with E-state index in [-0.39, 0.29) is 11.7 Å². The second-order valence-corrected chi connectivity index (χ2v) is 4.11. The largest absolute Gasteiger partial charge is 0.508 e. The third-order valence-corrected chi connectivity index (χ3v) is 2.53. The van der Waals surface area contributed by atoms with E-state index < -0.39 is 11.9 Å². The maximum Gasteiger partial charge on any atom is 0.311 e. The smallest absolute Gasteiger partial charge is 0.311 e. The first-order valence-corrected chi connectivity index (χ1v) is 4.95. The number of carboxylic acid groups (broad SMARTS) is 1. The minimum Gasteiger partial charge on any atom is -0.508 e. The van der Waals surface area contributed by atoms with Crippen LogP contribution in [-0.4, -0.2) is 16.2 Å². The molecule has 0 heterocycles.